The van der Waals surface area contributed by atoms with E-state index in [1.54, 1.807) is 0 Å². The van der Waals surface area contributed by atoms with Gasteiger partial charge in [0.2, 0.25) is 0 Å². The molecule has 3 N–H and O–H groups in total. The number of nitrogens with one attached hydrogen (secondary N) is 1. The average Bonchev–Trinajstić information content (AvgIpc) is 2.94. The van der Waals surface area contributed by atoms with Crippen LogP contribution in [0.15, 0.2) is 18.2 Å². The van der Waals surface area contributed by atoms with Gasteiger partial charge in [0.15, 0.2) is 6.61 Å². The number of carbonyl (C=O) groups is 2. The fraction of sp³-hybridized carbons (Fsp3) is 0.400. The number of nitrogens with two attached hydrogens (primary N) is 1. The van der Waals surface area contributed by atoms with E-state index >= 15 is 0 Å². The number of halogens is 1. The molecule has 2 rings (SSSR count). The number of benzene rings is 1. The van der Waals surface area contributed by atoms with Crippen LogP contribution in [-0.4, -0.2) is 24.0 Å². The molecule has 1 aliphatic rings. The molecule has 7 heteroatoms. The summed E-state index contributed by atoms with van der Waals surface area (Å²) in [6.45, 7) is -0.315. The topological polar surface area (TPSA) is 105 Å². The fourth-order valence-electron chi connectivity index (χ4n) is 2.51. The molecule has 1 aromatic rings. The second-order valence-electron chi connectivity index (χ2n) is 5.24. The van der Waals surface area contributed by atoms with Crippen molar-refractivity contribution >= 4 is 23.4 Å². The fourth-order valence-corrected chi connectivity index (χ4v) is 2.67. The minimum Gasteiger partial charge on any atom is -0.483 e. The van der Waals surface area contributed by atoms with E-state index in [4.69, 9.17) is 22.1 Å². The van der Waals surface area contributed by atoms with Crippen molar-refractivity contribution in [2.45, 2.75) is 31.2 Å². The first-order valence-electron chi connectivity index (χ1n) is 6.90. The zero-order valence-corrected chi connectivity index (χ0v) is 12.7. The van der Waals surface area contributed by atoms with E-state index in [0.717, 1.165) is 12.8 Å². The Labute approximate surface area is 133 Å². The van der Waals surface area contributed by atoms with Crippen LogP contribution in [0.2, 0.25) is 5.02 Å². The maximum absolute atomic E-state index is 12.0. The van der Waals surface area contributed by atoms with Gasteiger partial charge in [0, 0.05) is 5.02 Å². The minimum absolute atomic E-state index is 0.146. The maximum atomic E-state index is 12.0. The van der Waals surface area contributed by atoms with Gasteiger partial charge in [-0.3, -0.25) is 9.59 Å². The first kappa shape index (κ1) is 16.1. The van der Waals surface area contributed by atoms with Crippen LogP contribution in [0.25, 0.3) is 0 Å². The molecule has 0 spiro atoms. The summed E-state index contributed by atoms with van der Waals surface area (Å²) in [7, 11) is 0. The maximum Gasteiger partial charge on any atom is 0.259 e. The predicted molar refractivity (Wildman–Crippen MR) is 80.4 cm³/mol. The highest BCUT2D eigenvalue weighted by Gasteiger charge is 2.35. The normalized spacial score (nSPS) is 15.8. The van der Waals surface area contributed by atoms with Crippen LogP contribution in [0.1, 0.15) is 36.0 Å². The summed E-state index contributed by atoms with van der Waals surface area (Å²) in [6.07, 6.45) is 3.10. The summed E-state index contributed by atoms with van der Waals surface area (Å²) in [5.74, 6) is -0.942. The number of ether oxygens (including phenoxy) is 1. The molecule has 0 bridgehead atoms. The molecule has 0 aromatic heterocycles. The molecule has 2 amide bonds. The second kappa shape index (κ2) is 6.67. The van der Waals surface area contributed by atoms with Crippen LogP contribution in [0.3, 0.4) is 0 Å². The number of primary amides is 1. The Bertz CT molecular complexity index is 633. The molecule has 0 unspecified atom stereocenters. The van der Waals surface area contributed by atoms with Crippen molar-refractivity contribution in [2.75, 3.05) is 6.61 Å². The van der Waals surface area contributed by atoms with Gasteiger partial charge < -0.3 is 15.8 Å². The summed E-state index contributed by atoms with van der Waals surface area (Å²) < 4.78 is 5.33. The summed E-state index contributed by atoms with van der Waals surface area (Å²) in [4.78, 5) is 23.3. The van der Waals surface area contributed by atoms with Crippen molar-refractivity contribution in [1.82, 2.24) is 5.32 Å². The van der Waals surface area contributed by atoms with E-state index in [0.29, 0.717) is 17.9 Å². The van der Waals surface area contributed by atoms with Crippen LogP contribution in [-0.2, 0) is 4.79 Å². The monoisotopic (exact) mass is 321 g/mol. The second-order valence-corrected chi connectivity index (χ2v) is 5.68. The van der Waals surface area contributed by atoms with Crippen molar-refractivity contribution in [3.8, 4) is 11.8 Å². The molecule has 116 valence electrons. The van der Waals surface area contributed by atoms with Gasteiger partial charge in [-0.1, -0.05) is 11.6 Å². The lowest BCUT2D eigenvalue weighted by atomic mass is 10.00. The lowest BCUT2D eigenvalue weighted by Crippen LogP contribution is -2.47. The highest BCUT2D eigenvalue weighted by Crippen LogP contribution is 2.29. The Hall–Kier alpha value is -2.26. The molecule has 1 aromatic carbocycles. The Morgan fingerprint density at radius 1 is 1.41 bits per heavy atom. The summed E-state index contributed by atoms with van der Waals surface area (Å²) in [5, 5.41) is 12.3. The largest absolute Gasteiger partial charge is 0.483 e. The van der Waals surface area contributed by atoms with Crippen LogP contribution in [0.5, 0.6) is 5.75 Å². The highest BCUT2D eigenvalue weighted by molar-refractivity contribution is 6.30. The van der Waals surface area contributed by atoms with Crippen molar-refractivity contribution < 1.29 is 14.3 Å². The number of hydrogen-bond donors (Lipinski definition) is 2. The highest BCUT2D eigenvalue weighted by atomic mass is 35.5. The standard InChI is InChI=1S/C15H16ClN3O3/c16-10-3-4-11(14(18)21)12(7-10)22-8-13(20)19-15(9-17)5-1-2-6-15/h3-4,7H,1-2,5-6,8H2,(H2,18,21)(H,19,20). The van der Waals surface area contributed by atoms with Gasteiger partial charge in [-0.15, -0.1) is 0 Å². The third-order valence-electron chi connectivity index (χ3n) is 3.62. The molecule has 0 aliphatic heterocycles. The van der Waals surface area contributed by atoms with Crippen molar-refractivity contribution in [2.24, 2.45) is 5.73 Å². The van der Waals surface area contributed by atoms with Crippen molar-refractivity contribution in [3.05, 3.63) is 28.8 Å². The van der Waals surface area contributed by atoms with E-state index in [2.05, 4.69) is 11.4 Å². The molecule has 0 atom stereocenters. The first-order chi connectivity index (χ1) is 10.5. The first-order valence-corrected chi connectivity index (χ1v) is 7.28. The number of carbonyl (C=O) groups excluding carboxylic acids is 2. The molecule has 1 aliphatic carbocycles. The van der Waals surface area contributed by atoms with Crippen LogP contribution in [0, 0.1) is 11.3 Å². The Morgan fingerprint density at radius 2 is 2.09 bits per heavy atom. The van der Waals surface area contributed by atoms with E-state index in [-0.39, 0.29) is 17.9 Å². The predicted octanol–water partition coefficient (Wildman–Crippen LogP) is 1.77. The molecular formula is C15H16ClN3O3. The Morgan fingerprint density at radius 3 is 2.68 bits per heavy atom. The lowest BCUT2D eigenvalue weighted by Gasteiger charge is -2.22. The van der Waals surface area contributed by atoms with E-state index in [9.17, 15) is 14.9 Å². The molecule has 1 saturated carbocycles. The molecule has 1 fully saturated rings. The number of rotatable bonds is 5. The van der Waals surface area contributed by atoms with Gasteiger partial charge in [0.25, 0.3) is 11.8 Å². The van der Waals surface area contributed by atoms with Gasteiger partial charge in [-0.25, -0.2) is 0 Å². The van der Waals surface area contributed by atoms with Gasteiger partial charge >= 0.3 is 0 Å². The lowest BCUT2D eigenvalue weighted by molar-refractivity contribution is -0.124. The molecule has 0 heterocycles. The van der Waals surface area contributed by atoms with E-state index < -0.39 is 17.4 Å². The molecular weight excluding hydrogens is 306 g/mol. The van der Waals surface area contributed by atoms with Gasteiger partial charge in [0.1, 0.15) is 11.3 Å². The van der Waals surface area contributed by atoms with Crippen molar-refractivity contribution in [3.63, 3.8) is 0 Å². The van der Waals surface area contributed by atoms with E-state index in [1.165, 1.54) is 18.2 Å². The Balaban J connectivity index is 2.01. The average molecular weight is 322 g/mol. The minimum atomic E-state index is -0.804. The quantitative estimate of drug-likeness (QED) is 0.862. The van der Waals surface area contributed by atoms with E-state index in [1.807, 2.05) is 0 Å². The van der Waals surface area contributed by atoms with Crippen LogP contribution in [0.4, 0.5) is 0 Å². The van der Waals surface area contributed by atoms with Gasteiger partial charge in [-0.2, -0.15) is 5.26 Å². The van der Waals surface area contributed by atoms with Gasteiger partial charge in [0.05, 0.1) is 11.6 Å². The molecule has 22 heavy (non-hydrogen) atoms. The summed E-state index contributed by atoms with van der Waals surface area (Å²) in [6, 6.07) is 6.53. The van der Waals surface area contributed by atoms with Crippen molar-refractivity contribution in [1.29, 1.82) is 5.26 Å². The summed E-state index contributed by atoms with van der Waals surface area (Å²) >= 11 is 5.84. The molecule has 6 nitrogen and oxygen atoms in total. The smallest absolute Gasteiger partial charge is 0.259 e. The third kappa shape index (κ3) is 3.68. The zero-order chi connectivity index (χ0) is 16.2. The number of nitriles is 1. The third-order valence-corrected chi connectivity index (χ3v) is 3.85. The SMILES string of the molecule is N#CC1(NC(=O)COc2cc(Cl)ccc2C(N)=O)CCCC1. The molecule has 0 saturated heterocycles. The number of nitrogens with zero attached hydrogens (tertiary/aromatic N) is 1. The number of hydrogen-bond acceptors (Lipinski definition) is 4. The van der Waals surface area contributed by atoms with Crippen LogP contribution >= 0.6 is 11.6 Å². The Kier molecular flexibility index (Phi) is 4.88. The molecule has 0 radical (unpaired) electrons. The summed E-state index contributed by atoms with van der Waals surface area (Å²) in [5.41, 5.74) is 4.58. The van der Waals surface area contributed by atoms with Gasteiger partial charge in [-0.05, 0) is 43.9 Å². The number of amides is 2. The zero-order valence-electron chi connectivity index (χ0n) is 11.9. The van der Waals surface area contributed by atoms with Crippen LogP contribution < -0.4 is 15.8 Å².